The zero-order chi connectivity index (χ0) is 21.7. The lowest BCUT2D eigenvalue weighted by atomic mass is 9.47. The van der Waals surface area contributed by atoms with Crippen LogP contribution in [0.4, 0.5) is 0 Å². The van der Waals surface area contributed by atoms with Crippen LogP contribution in [0.2, 0.25) is 0 Å². The van der Waals surface area contributed by atoms with Crippen molar-refractivity contribution in [3.05, 3.63) is 29.8 Å². The predicted octanol–water partition coefficient (Wildman–Crippen LogP) is 4.59. The predicted molar refractivity (Wildman–Crippen MR) is 99.7 cm³/mol. The molecule has 6 rings (SSSR count). The van der Waals surface area contributed by atoms with E-state index in [0.29, 0.717) is 23.1 Å². The quantitative estimate of drug-likeness (QED) is 0.438. The molecule has 1 aromatic rings. The van der Waals surface area contributed by atoms with Gasteiger partial charge in [0.15, 0.2) is 5.60 Å². The van der Waals surface area contributed by atoms with Gasteiger partial charge >= 0.3 is 5.97 Å². The molecule has 1 spiro atoms. The first-order valence-electron chi connectivity index (χ1n) is 11.6. The molecule has 4 aliphatic carbocycles. The van der Waals surface area contributed by atoms with Crippen molar-refractivity contribution in [2.24, 2.45) is 23.7 Å². The molecule has 1 atom stereocenters. The second-order valence-electron chi connectivity index (χ2n) is 8.10. The van der Waals surface area contributed by atoms with Gasteiger partial charge in [0.05, 0.1) is 4.11 Å². The third-order valence-electron chi connectivity index (χ3n) is 6.78. The first-order valence-corrected chi connectivity index (χ1v) is 10.1. The number of carbonyl (C=O) groups excluding carboxylic acids is 1. The molecule has 1 unspecified atom stereocenters. The number of ether oxygens (including phenoxy) is 2. The van der Waals surface area contributed by atoms with E-state index in [2.05, 4.69) is 0 Å². The van der Waals surface area contributed by atoms with Crippen LogP contribution in [0, 0.1) is 23.7 Å². The van der Waals surface area contributed by atoms with E-state index in [1.54, 1.807) is 24.3 Å². The molecule has 0 N–H and O–H groups in total. The summed E-state index contributed by atoms with van der Waals surface area (Å²) in [6.45, 7) is 5.32. The number of hydrogen-bond acceptors (Lipinski definition) is 5. The lowest BCUT2D eigenvalue weighted by molar-refractivity contribution is -0.645. The molecule has 1 saturated heterocycles. The molecular weight excluding hydrogens is 344 g/mol. The van der Waals surface area contributed by atoms with Gasteiger partial charge in [0, 0.05) is 19.5 Å². The van der Waals surface area contributed by atoms with E-state index >= 15 is 0 Å². The number of esters is 1. The number of rotatable bonds is 3. The van der Waals surface area contributed by atoms with Gasteiger partial charge in [0.25, 0.3) is 5.79 Å². The molecule has 1 heterocycles. The summed E-state index contributed by atoms with van der Waals surface area (Å²) in [6, 6.07) is 6.75. The van der Waals surface area contributed by atoms with Gasteiger partial charge in [-0.15, -0.1) is 0 Å². The first-order chi connectivity index (χ1) is 14.2. The van der Waals surface area contributed by atoms with Crippen LogP contribution in [0.3, 0.4) is 0 Å². The first kappa shape index (κ1) is 15.5. The summed E-state index contributed by atoms with van der Waals surface area (Å²) in [4.78, 5) is 22.8. The second kappa shape index (κ2) is 6.87. The van der Waals surface area contributed by atoms with Crippen molar-refractivity contribution in [3.8, 4) is 5.75 Å². The number of hydrogen-bond donors (Lipinski definition) is 0. The van der Waals surface area contributed by atoms with Crippen LogP contribution in [0.25, 0.3) is 0 Å². The van der Waals surface area contributed by atoms with E-state index in [9.17, 15) is 4.79 Å². The van der Waals surface area contributed by atoms with Crippen LogP contribution < -0.4 is 4.74 Å². The summed E-state index contributed by atoms with van der Waals surface area (Å²) in [5, 5.41) is 0. The summed E-state index contributed by atoms with van der Waals surface area (Å²) < 4.78 is 34.3. The Morgan fingerprint density at radius 2 is 1.78 bits per heavy atom. The summed E-state index contributed by atoms with van der Waals surface area (Å²) in [7, 11) is -2.66. The Kier molecular flexibility index (Phi) is 3.94. The highest BCUT2D eigenvalue weighted by Crippen LogP contribution is 2.69. The lowest BCUT2D eigenvalue weighted by Crippen LogP contribution is -2.76. The van der Waals surface area contributed by atoms with E-state index in [-0.39, 0.29) is 11.8 Å². The van der Waals surface area contributed by atoms with Gasteiger partial charge in [-0.2, -0.15) is 4.89 Å². The van der Waals surface area contributed by atoms with E-state index in [4.69, 9.17) is 23.4 Å². The SMILES string of the molecule is CC.[2H]C([2H])([2H])OC1(c2cccc(OC(C)=O)c2)OOC12C1CC3CC(C1)CC2C3. The zero-order valence-corrected chi connectivity index (χ0v) is 16.2. The van der Waals surface area contributed by atoms with Crippen LogP contribution in [0.15, 0.2) is 24.3 Å². The minimum absolute atomic E-state index is 0.192. The molecule has 5 fully saturated rings. The molecule has 0 aromatic heterocycles. The Balaban J connectivity index is 0.00000106. The van der Waals surface area contributed by atoms with Gasteiger partial charge in [-0.05, 0) is 67.9 Å². The minimum atomic E-state index is -2.66. The topological polar surface area (TPSA) is 54.0 Å². The van der Waals surface area contributed by atoms with Crippen molar-refractivity contribution >= 4 is 5.97 Å². The monoisotopic (exact) mass is 377 g/mol. The van der Waals surface area contributed by atoms with Crippen molar-refractivity contribution in [3.63, 3.8) is 0 Å². The zero-order valence-electron chi connectivity index (χ0n) is 19.2. The fraction of sp³-hybridized carbons (Fsp3) is 0.682. The van der Waals surface area contributed by atoms with Gasteiger partial charge in [-0.3, -0.25) is 4.79 Å². The van der Waals surface area contributed by atoms with Gasteiger partial charge in [0.1, 0.15) is 5.75 Å². The van der Waals surface area contributed by atoms with Crippen LogP contribution in [-0.4, -0.2) is 18.6 Å². The largest absolute Gasteiger partial charge is 0.427 e. The summed E-state index contributed by atoms with van der Waals surface area (Å²) in [5.74, 6) is 0.0858. The molecule has 148 valence electrons. The van der Waals surface area contributed by atoms with Crippen LogP contribution in [0.5, 0.6) is 5.75 Å². The molecule has 5 aliphatic rings. The maximum absolute atomic E-state index is 11.4. The van der Waals surface area contributed by atoms with Gasteiger partial charge in [-0.1, -0.05) is 26.0 Å². The maximum Gasteiger partial charge on any atom is 0.308 e. The molecule has 5 heteroatoms. The Labute approximate surface area is 165 Å². The highest BCUT2D eigenvalue weighted by molar-refractivity contribution is 5.69. The average Bonchev–Trinajstić information content (AvgIpc) is 2.65. The molecule has 4 bridgehead atoms. The fourth-order valence-electron chi connectivity index (χ4n) is 6.13. The van der Waals surface area contributed by atoms with E-state index in [1.165, 1.54) is 13.3 Å². The number of methoxy groups -OCH3 is 1. The second-order valence-corrected chi connectivity index (χ2v) is 8.10. The van der Waals surface area contributed by atoms with Crippen molar-refractivity contribution in [1.82, 2.24) is 0 Å². The van der Waals surface area contributed by atoms with Crippen LogP contribution >= 0.6 is 0 Å². The van der Waals surface area contributed by atoms with Crippen molar-refractivity contribution in [1.29, 1.82) is 0 Å². The molecule has 0 amide bonds. The number of carbonyl (C=O) groups is 1. The Morgan fingerprint density at radius 1 is 1.11 bits per heavy atom. The smallest absolute Gasteiger partial charge is 0.308 e. The molecule has 1 aromatic carbocycles. The third-order valence-corrected chi connectivity index (χ3v) is 6.78. The maximum atomic E-state index is 11.4. The van der Waals surface area contributed by atoms with Crippen molar-refractivity contribution in [2.45, 2.75) is 64.3 Å². The molecule has 27 heavy (non-hydrogen) atoms. The Morgan fingerprint density at radius 3 is 2.30 bits per heavy atom. The summed E-state index contributed by atoms with van der Waals surface area (Å²) >= 11 is 0. The van der Waals surface area contributed by atoms with Crippen LogP contribution in [0.1, 0.15) is 62.6 Å². The Hall–Kier alpha value is -1.43. The third kappa shape index (κ3) is 2.59. The lowest BCUT2D eigenvalue weighted by Gasteiger charge is -2.68. The van der Waals surface area contributed by atoms with E-state index in [1.807, 2.05) is 13.8 Å². The van der Waals surface area contributed by atoms with E-state index in [0.717, 1.165) is 25.7 Å². The normalized spacial score (nSPS) is 43.0. The van der Waals surface area contributed by atoms with Gasteiger partial charge < -0.3 is 9.47 Å². The minimum Gasteiger partial charge on any atom is -0.427 e. The molecule has 4 saturated carbocycles. The molecular formula is C22H30O5. The average molecular weight is 377 g/mol. The summed E-state index contributed by atoms with van der Waals surface area (Å²) in [6.07, 6.45) is 5.29. The summed E-state index contributed by atoms with van der Waals surface area (Å²) in [5.41, 5.74) is -0.301. The highest BCUT2D eigenvalue weighted by Gasteiger charge is 2.76. The van der Waals surface area contributed by atoms with Gasteiger partial charge in [-0.25, -0.2) is 4.89 Å². The van der Waals surface area contributed by atoms with Crippen LogP contribution in [-0.2, 0) is 25.1 Å². The molecule has 1 aliphatic heterocycles. The molecule has 5 nitrogen and oxygen atoms in total. The van der Waals surface area contributed by atoms with Crippen molar-refractivity contribution in [2.75, 3.05) is 7.04 Å². The Bertz CT molecular complexity index is 780. The molecule has 0 radical (unpaired) electrons. The number of benzene rings is 1. The van der Waals surface area contributed by atoms with Gasteiger partial charge in [0.2, 0.25) is 0 Å². The van der Waals surface area contributed by atoms with Crippen molar-refractivity contribution < 1.29 is 28.2 Å². The highest BCUT2D eigenvalue weighted by atomic mass is 17.3. The standard InChI is InChI=1S/C20H24O5.C2H6/c1-12(21)23-18-5-3-4-15(11-18)20(22-2)19(24-25-20)16-7-13-6-14(9-16)10-17(19)8-13;1-2/h3-5,11,13-14,16-17H,6-10H2,1-2H3;1-2H3/i2D3;. The van der Waals surface area contributed by atoms with E-state index < -0.39 is 24.4 Å². The fourth-order valence-corrected chi connectivity index (χ4v) is 6.13.